The van der Waals surface area contributed by atoms with Gasteiger partial charge >= 0.3 is 0 Å². The molecule has 1 heterocycles. The Morgan fingerprint density at radius 2 is 1.72 bits per heavy atom. The van der Waals surface area contributed by atoms with Crippen LogP contribution >= 0.6 is 39.1 Å². The minimum Gasteiger partial charge on any atom is -0.438 e. The van der Waals surface area contributed by atoms with Gasteiger partial charge in [0.25, 0.3) is 0 Å². The third-order valence-corrected chi connectivity index (χ3v) is 3.70. The lowest BCUT2D eigenvalue weighted by Crippen LogP contribution is -1.91. The highest BCUT2D eigenvalue weighted by atomic mass is 79.9. The second-order valence-electron chi connectivity index (χ2n) is 3.91. The van der Waals surface area contributed by atoms with Crippen LogP contribution in [0.3, 0.4) is 0 Å². The summed E-state index contributed by atoms with van der Waals surface area (Å²) >= 11 is 15.4. The molecule has 1 aromatic heterocycles. The Morgan fingerprint density at radius 3 is 2.28 bits per heavy atom. The molecular weight excluding hydrogens is 337 g/mol. The maximum absolute atomic E-state index is 6.10. The molecule has 0 aliphatic rings. The van der Waals surface area contributed by atoms with E-state index in [1.54, 1.807) is 12.3 Å². The number of halogens is 3. The topological polar surface area (TPSA) is 22.1 Å². The molecule has 0 saturated carbocycles. The Labute approximate surface area is 124 Å². The first kappa shape index (κ1) is 13.7. The summed E-state index contributed by atoms with van der Waals surface area (Å²) < 4.78 is 6.47. The minimum atomic E-state index is 0.376. The summed E-state index contributed by atoms with van der Waals surface area (Å²) in [6.07, 6.45) is 1.64. The van der Waals surface area contributed by atoms with Crippen molar-refractivity contribution in [1.82, 2.24) is 4.98 Å². The van der Waals surface area contributed by atoms with Gasteiger partial charge in [0.2, 0.25) is 5.88 Å². The van der Waals surface area contributed by atoms with Gasteiger partial charge in [-0.3, -0.25) is 0 Å². The van der Waals surface area contributed by atoms with Crippen LogP contribution in [0.1, 0.15) is 11.1 Å². The molecular formula is C13H10BrCl2NO. The van der Waals surface area contributed by atoms with Crippen molar-refractivity contribution in [3.8, 4) is 11.6 Å². The summed E-state index contributed by atoms with van der Waals surface area (Å²) in [5, 5.41) is 1.20. The first-order valence-corrected chi connectivity index (χ1v) is 6.78. The monoisotopic (exact) mass is 345 g/mol. The van der Waals surface area contributed by atoms with Gasteiger partial charge in [-0.25, -0.2) is 4.98 Å². The van der Waals surface area contributed by atoms with E-state index in [1.165, 1.54) is 0 Å². The predicted molar refractivity (Wildman–Crippen MR) is 77.9 cm³/mol. The number of pyridine rings is 1. The van der Waals surface area contributed by atoms with Crippen molar-refractivity contribution < 1.29 is 4.74 Å². The fourth-order valence-corrected chi connectivity index (χ4v) is 2.33. The summed E-state index contributed by atoms with van der Waals surface area (Å²) in [7, 11) is 0. The Hall–Kier alpha value is -0.770. The average Bonchev–Trinajstić information content (AvgIpc) is 2.29. The van der Waals surface area contributed by atoms with Crippen molar-refractivity contribution in [3.05, 3.63) is 50.0 Å². The number of ether oxygens (including phenoxy) is 1. The maximum Gasteiger partial charge on any atom is 0.238 e. The highest BCUT2D eigenvalue weighted by Crippen LogP contribution is 2.32. The van der Waals surface area contributed by atoms with Crippen LogP contribution < -0.4 is 4.74 Å². The lowest BCUT2D eigenvalue weighted by atomic mass is 10.1. The molecule has 0 bridgehead atoms. The second-order valence-corrected chi connectivity index (χ2v) is 5.61. The maximum atomic E-state index is 6.10. The third kappa shape index (κ3) is 2.97. The van der Waals surface area contributed by atoms with E-state index in [0.29, 0.717) is 16.7 Å². The van der Waals surface area contributed by atoms with E-state index in [4.69, 9.17) is 27.9 Å². The van der Waals surface area contributed by atoms with E-state index in [2.05, 4.69) is 20.9 Å². The van der Waals surface area contributed by atoms with Gasteiger partial charge in [0.15, 0.2) is 0 Å². The highest BCUT2D eigenvalue weighted by molar-refractivity contribution is 9.10. The van der Waals surface area contributed by atoms with Crippen molar-refractivity contribution in [2.24, 2.45) is 0 Å². The van der Waals surface area contributed by atoms with Crippen molar-refractivity contribution in [2.45, 2.75) is 13.8 Å². The number of aryl methyl sites for hydroxylation is 2. The molecule has 1 aromatic carbocycles. The van der Waals surface area contributed by atoms with E-state index in [-0.39, 0.29) is 0 Å². The molecule has 0 aliphatic carbocycles. The number of aromatic nitrogens is 1. The van der Waals surface area contributed by atoms with Crippen LogP contribution in [0.15, 0.2) is 28.9 Å². The summed E-state index contributed by atoms with van der Waals surface area (Å²) in [5.74, 6) is 1.05. The SMILES string of the molecule is Cc1cc(Oc2ncc(Br)cc2Cl)cc(C)c1Cl. The summed E-state index contributed by atoms with van der Waals surface area (Å²) in [6, 6.07) is 5.45. The van der Waals surface area contributed by atoms with E-state index in [1.807, 2.05) is 26.0 Å². The van der Waals surface area contributed by atoms with Crippen LogP contribution in [0.2, 0.25) is 10.0 Å². The zero-order valence-corrected chi connectivity index (χ0v) is 12.9. The van der Waals surface area contributed by atoms with Crippen LogP contribution in [-0.4, -0.2) is 4.98 Å². The largest absolute Gasteiger partial charge is 0.438 e. The molecule has 0 atom stereocenters. The molecule has 5 heteroatoms. The Balaban J connectivity index is 2.34. The molecule has 0 saturated heterocycles. The minimum absolute atomic E-state index is 0.376. The number of rotatable bonds is 2. The molecule has 2 aromatic rings. The molecule has 0 N–H and O–H groups in total. The summed E-state index contributed by atoms with van der Waals surface area (Å²) in [5.41, 5.74) is 1.92. The van der Waals surface area contributed by atoms with E-state index in [9.17, 15) is 0 Å². The van der Waals surface area contributed by atoms with Gasteiger partial charge in [0.05, 0.1) is 0 Å². The quantitative estimate of drug-likeness (QED) is 0.710. The van der Waals surface area contributed by atoms with Crippen molar-refractivity contribution in [3.63, 3.8) is 0 Å². The molecule has 0 amide bonds. The molecule has 0 aliphatic heterocycles. The summed E-state index contributed by atoms with van der Waals surface area (Å²) in [6.45, 7) is 3.86. The van der Waals surface area contributed by atoms with Gasteiger partial charge in [-0.1, -0.05) is 23.2 Å². The molecule has 0 spiro atoms. The van der Waals surface area contributed by atoms with E-state index < -0.39 is 0 Å². The number of hydrogen-bond donors (Lipinski definition) is 0. The van der Waals surface area contributed by atoms with Crippen LogP contribution in [-0.2, 0) is 0 Å². The zero-order chi connectivity index (χ0) is 13.3. The number of benzene rings is 1. The fraction of sp³-hybridized carbons (Fsp3) is 0.154. The van der Waals surface area contributed by atoms with Gasteiger partial charge in [-0.05, 0) is 59.1 Å². The van der Waals surface area contributed by atoms with Crippen molar-refractivity contribution in [2.75, 3.05) is 0 Å². The van der Waals surface area contributed by atoms with Crippen molar-refractivity contribution >= 4 is 39.1 Å². The van der Waals surface area contributed by atoms with E-state index in [0.717, 1.165) is 20.6 Å². The predicted octanol–water partition coefficient (Wildman–Crippen LogP) is 5.56. The van der Waals surface area contributed by atoms with Gasteiger partial charge in [0, 0.05) is 15.7 Å². The first-order valence-electron chi connectivity index (χ1n) is 5.23. The Bertz CT molecular complexity index is 579. The standard InChI is InChI=1S/C13H10BrCl2NO/c1-7-3-10(4-8(2)12(7)16)18-13-11(15)5-9(14)6-17-13/h3-6H,1-2H3. The fourth-order valence-electron chi connectivity index (χ4n) is 1.55. The van der Waals surface area contributed by atoms with Crippen LogP contribution in [0.4, 0.5) is 0 Å². The van der Waals surface area contributed by atoms with Crippen LogP contribution in [0, 0.1) is 13.8 Å². The van der Waals surface area contributed by atoms with Gasteiger partial charge in [-0.15, -0.1) is 0 Å². The Kier molecular flexibility index (Phi) is 4.15. The molecule has 0 fully saturated rings. The summed E-state index contributed by atoms with van der Waals surface area (Å²) in [4.78, 5) is 4.12. The molecule has 2 rings (SSSR count). The molecule has 0 radical (unpaired) electrons. The molecule has 18 heavy (non-hydrogen) atoms. The van der Waals surface area contributed by atoms with Crippen LogP contribution in [0.25, 0.3) is 0 Å². The number of hydrogen-bond acceptors (Lipinski definition) is 2. The Morgan fingerprint density at radius 1 is 1.11 bits per heavy atom. The third-order valence-electron chi connectivity index (χ3n) is 2.40. The van der Waals surface area contributed by atoms with E-state index >= 15 is 0 Å². The highest BCUT2D eigenvalue weighted by Gasteiger charge is 2.08. The van der Waals surface area contributed by atoms with Gasteiger partial charge < -0.3 is 4.74 Å². The normalized spacial score (nSPS) is 10.5. The zero-order valence-electron chi connectivity index (χ0n) is 9.80. The molecule has 94 valence electrons. The van der Waals surface area contributed by atoms with Crippen LogP contribution in [0.5, 0.6) is 11.6 Å². The lowest BCUT2D eigenvalue weighted by Gasteiger charge is -2.10. The van der Waals surface area contributed by atoms with Crippen molar-refractivity contribution in [1.29, 1.82) is 0 Å². The molecule has 2 nitrogen and oxygen atoms in total. The average molecular weight is 347 g/mol. The van der Waals surface area contributed by atoms with Gasteiger partial charge in [-0.2, -0.15) is 0 Å². The lowest BCUT2D eigenvalue weighted by molar-refractivity contribution is 0.462. The number of nitrogens with zero attached hydrogens (tertiary/aromatic N) is 1. The van der Waals surface area contributed by atoms with Gasteiger partial charge in [0.1, 0.15) is 10.8 Å². The second kappa shape index (κ2) is 5.47. The smallest absolute Gasteiger partial charge is 0.238 e. The first-order chi connectivity index (χ1) is 8.47. The molecule has 0 unspecified atom stereocenters.